The van der Waals surface area contributed by atoms with E-state index in [0.29, 0.717) is 6.42 Å². The summed E-state index contributed by atoms with van der Waals surface area (Å²) in [4.78, 5) is 0. The Kier molecular flexibility index (Phi) is 6.83. The third-order valence-electron chi connectivity index (χ3n) is 2.79. The molecule has 4 heteroatoms. The minimum atomic E-state index is -2.42. The molecule has 0 spiro atoms. The Morgan fingerprint density at radius 3 is 2.33 bits per heavy atom. The Morgan fingerprint density at radius 1 is 1.17 bits per heavy atom. The first kappa shape index (κ1) is 15.1. The van der Waals surface area contributed by atoms with Crippen LogP contribution in [0, 0.1) is 0 Å². The lowest BCUT2D eigenvalue weighted by atomic mass is 9.99. The van der Waals surface area contributed by atoms with Gasteiger partial charge in [0.05, 0.1) is 12.1 Å². The van der Waals surface area contributed by atoms with E-state index in [0.717, 1.165) is 12.1 Å². The Labute approximate surface area is 107 Å². The minimum absolute atomic E-state index is 0.0417. The second-order valence-corrected chi connectivity index (χ2v) is 4.12. The van der Waals surface area contributed by atoms with Crippen molar-refractivity contribution in [3.63, 3.8) is 0 Å². The van der Waals surface area contributed by atoms with Crippen LogP contribution < -0.4 is 5.32 Å². The van der Waals surface area contributed by atoms with Crippen LogP contribution in [0.5, 0.6) is 0 Å². The summed E-state index contributed by atoms with van der Waals surface area (Å²) in [7, 11) is 0. The van der Waals surface area contributed by atoms with E-state index in [-0.39, 0.29) is 12.1 Å². The lowest BCUT2D eigenvalue weighted by Crippen LogP contribution is -2.34. The van der Waals surface area contributed by atoms with E-state index in [4.69, 9.17) is 4.74 Å². The van der Waals surface area contributed by atoms with Gasteiger partial charge in [0.15, 0.2) is 0 Å². The van der Waals surface area contributed by atoms with Gasteiger partial charge < -0.3 is 10.1 Å². The van der Waals surface area contributed by atoms with Crippen LogP contribution in [-0.2, 0) is 4.74 Å². The van der Waals surface area contributed by atoms with Gasteiger partial charge in [-0.25, -0.2) is 8.78 Å². The summed E-state index contributed by atoms with van der Waals surface area (Å²) in [6, 6.07) is 9.76. The summed E-state index contributed by atoms with van der Waals surface area (Å²) < 4.78 is 29.8. The Bertz CT molecular complexity index is 319. The van der Waals surface area contributed by atoms with Gasteiger partial charge >= 0.3 is 0 Å². The molecule has 1 aromatic carbocycles. The molecule has 0 bridgehead atoms. The predicted molar refractivity (Wildman–Crippen MR) is 68.9 cm³/mol. The quantitative estimate of drug-likeness (QED) is 0.770. The number of rotatable bonds is 8. The molecule has 0 amide bonds. The van der Waals surface area contributed by atoms with Crippen molar-refractivity contribution in [2.24, 2.45) is 0 Å². The van der Waals surface area contributed by atoms with Gasteiger partial charge in [-0.15, -0.1) is 0 Å². The SMILES string of the molecule is CCNC(c1ccccc1)C(CC)OCC(F)F. The molecule has 0 fully saturated rings. The minimum Gasteiger partial charge on any atom is -0.370 e. The van der Waals surface area contributed by atoms with Crippen molar-refractivity contribution in [1.29, 1.82) is 0 Å². The molecule has 1 rings (SSSR count). The number of alkyl halides is 2. The number of ether oxygens (including phenoxy) is 1. The summed E-state index contributed by atoms with van der Waals surface area (Å²) in [6.45, 7) is 4.21. The molecular formula is C14H21F2NO. The maximum Gasteiger partial charge on any atom is 0.261 e. The number of halogens is 2. The van der Waals surface area contributed by atoms with Crippen LogP contribution in [0.2, 0.25) is 0 Å². The molecule has 1 aromatic rings. The number of hydrogen-bond acceptors (Lipinski definition) is 2. The first-order chi connectivity index (χ1) is 8.69. The molecule has 2 nitrogen and oxygen atoms in total. The second-order valence-electron chi connectivity index (χ2n) is 4.12. The molecule has 18 heavy (non-hydrogen) atoms. The highest BCUT2D eigenvalue weighted by molar-refractivity contribution is 5.20. The molecule has 2 unspecified atom stereocenters. The number of hydrogen-bond donors (Lipinski definition) is 1. The van der Waals surface area contributed by atoms with Crippen LogP contribution in [-0.4, -0.2) is 25.7 Å². The maximum absolute atomic E-state index is 12.2. The van der Waals surface area contributed by atoms with E-state index < -0.39 is 13.0 Å². The topological polar surface area (TPSA) is 21.3 Å². The fraction of sp³-hybridized carbons (Fsp3) is 0.571. The summed E-state index contributed by atoms with van der Waals surface area (Å²) in [5.74, 6) is 0. The summed E-state index contributed by atoms with van der Waals surface area (Å²) in [6.07, 6.45) is -1.96. The summed E-state index contributed by atoms with van der Waals surface area (Å²) in [5.41, 5.74) is 1.07. The van der Waals surface area contributed by atoms with Crippen molar-refractivity contribution in [2.45, 2.75) is 38.8 Å². The van der Waals surface area contributed by atoms with Crippen molar-refractivity contribution in [1.82, 2.24) is 5.32 Å². The van der Waals surface area contributed by atoms with Gasteiger partial charge in [0.1, 0.15) is 6.61 Å². The van der Waals surface area contributed by atoms with Crippen LogP contribution in [0.4, 0.5) is 8.78 Å². The smallest absolute Gasteiger partial charge is 0.261 e. The Hall–Kier alpha value is -1.00. The fourth-order valence-corrected chi connectivity index (χ4v) is 1.99. The zero-order valence-electron chi connectivity index (χ0n) is 10.9. The van der Waals surface area contributed by atoms with Crippen molar-refractivity contribution in [2.75, 3.05) is 13.2 Å². The molecule has 0 aliphatic rings. The average molecular weight is 257 g/mol. The van der Waals surface area contributed by atoms with Crippen LogP contribution in [0.3, 0.4) is 0 Å². The van der Waals surface area contributed by atoms with E-state index in [1.807, 2.05) is 44.2 Å². The molecule has 102 valence electrons. The standard InChI is InChI=1S/C14H21F2NO/c1-3-12(18-10-13(15)16)14(17-4-2)11-8-6-5-7-9-11/h5-9,12-14,17H,3-4,10H2,1-2H3. The second kappa shape index (κ2) is 8.16. The molecule has 1 N–H and O–H groups in total. The van der Waals surface area contributed by atoms with Gasteiger partial charge in [0, 0.05) is 0 Å². The third kappa shape index (κ3) is 4.70. The molecule has 0 saturated heterocycles. The van der Waals surface area contributed by atoms with Gasteiger partial charge in [-0.3, -0.25) is 0 Å². The molecular weight excluding hydrogens is 236 g/mol. The lowest BCUT2D eigenvalue weighted by Gasteiger charge is -2.27. The van der Waals surface area contributed by atoms with Gasteiger partial charge in [0.25, 0.3) is 6.43 Å². The summed E-state index contributed by atoms with van der Waals surface area (Å²) in [5, 5.41) is 3.30. The number of benzene rings is 1. The molecule has 0 aliphatic heterocycles. The Balaban J connectivity index is 2.75. The molecule has 0 saturated carbocycles. The largest absolute Gasteiger partial charge is 0.370 e. The van der Waals surface area contributed by atoms with Crippen LogP contribution in [0.25, 0.3) is 0 Å². The molecule has 0 aromatic heterocycles. The van der Waals surface area contributed by atoms with Gasteiger partial charge in [0.2, 0.25) is 0 Å². The first-order valence-electron chi connectivity index (χ1n) is 6.37. The van der Waals surface area contributed by atoms with Gasteiger partial charge in [-0.1, -0.05) is 44.2 Å². The normalized spacial score (nSPS) is 14.7. The van der Waals surface area contributed by atoms with Gasteiger partial charge in [-0.05, 0) is 18.5 Å². The van der Waals surface area contributed by atoms with Crippen LogP contribution >= 0.6 is 0 Å². The molecule has 0 radical (unpaired) electrons. The summed E-state index contributed by atoms with van der Waals surface area (Å²) >= 11 is 0. The van der Waals surface area contributed by atoms with Crippen molar-refractivity contribution >= 4 is 0 Å². The van der Waals surface area contributed by atoms with E-state index in [1.54, 1.807) is 0 Å². The Morgan fingerprint density at radius 2 is 1.83 bits per heavy atom. The molecule has 2 atom stereocenters. The predicted octanol–water partition coefficient (Wildman–Crippen LogP) is 3.40. The van der Waals surface area contributed by atoms with E-state index >= 15 is 0 Å². The van der Waals surface area contributed by atoms with Crippen LogP contribution in [0.1, 0.15) is 31.9 Å². The van der Waals surface area contributed by atoms with E-state index in [1.165, 1.54) is 0 Å². The highest BCUT2D eigenvalue weighted by Crippen LogP contribution is 2.22. The highest BCUT2D eigenvalue weighted by atomic mass is 19.3. The number of likely N-dealkylation sites (N-methyl/N-ethyl adjacent to an activating group) is 1. The zero-order valence-corrected chi connectivity index (χ0v) is 10.9. The molecule has 0 aliphatic carbocycles. The van der Waals surface area contributed by atoms with Gasteiger partial charge in [-0.2, -0.15) is 0 Å². The lowest BCUT2D eigenvalue weighted by molar-refractivity contribution is -0.0396. The van der Waals surface area contributed by atoms with Crippen molar-refractivity contribution in [3.8, 4) is 0 Å². The van der Waals surface area contributed by atoms with E-state index in [2.05, 4.69) is 5.32 Å². The van der Waals surface area contributed by atoms with E-state index in [9.17, 15) is 8.78 Å². The van der Waals surface area contributed by atoms with Crippen LogP contribution in [0.15, 0.2) is 30.3 Å². The first-order valence-corrected chi connectivity index (χ1v) is 6.37. The monoisotopic (exact) mass is 257 g/mol. The fourth-order valence-electron chi connectivity index (χ4n) is 1.99. The third-order valence-corrected chi connectivity index (χ3v) is 2.79. The number of nitrogens with one attached hydrogen (secondary N) is 1. The zero-order chi connectivity index (χ0) is 13.4. The molecule has 0 heterocycles. The van der Waals surface area contributed by atoms with Crippen molar-refractivity contribution in [3.05, 3.63) is 35.9 Å². The maximum atomic E-state index is 12.2. The average Bonchev–Trinajstić information content (AvgIpc) is 2.39. The highest BCUT2D eigenvalue weighted by Gasteiger charge is 2.22. The van der Waals surface area contributed by atoms with Crippen molar-refractivity contribution < 1.29 is 13.5 Å².